The SMILES string of the molecule is c1ccc(CCCCSc2ccccc2)cc1. The van der Waals surface area contributed by atoms with Gasteiger partial charge in [0.25, 0.3) is 0 Å². The van der Waals surface area contributed by atoms with Crippen LogP contribution in [0.2, 0.25) is 0 Å². The fourth-order valence-corrected chi connectivity index (χ4v) is 2.72. The van der Waals surface area contributed by atoms with Gasteiger partial charge in [0.05, 0.1) is 0 Å². The predicted molar refractivity (Wildman–Crippen MR) is 76.5 cm³/mol. The lowest BCUT2D eigenvalue weighted by atomic mass is 10.1. The van der Waals surface area contributed by atoms with E-state index in [1.807, 2.05) is 11.8 Å². The van der Waals surface area contributed by atoms with Crippen LogP contribution in [0, 0.1) is 0 Å². The van der Waals surface area contributed by atoms with Gasteiger partial charge in [-0.15, -0.1) is 11.8 Å². The molecule has 0 aliphatic heterocycles. The Hall–Kier alpha value is -1.21. The molecule has 0 bridgehead atoms. The van der Waals surface area contributed by atoms with Crippen LogP contribution in [0.15, 0.2) is 65.6 Å². The molecule has 0 aliphatic rings. The lowest BCUT2D eigenvalue weighted by molar-refractivity contribution is 0.802. The number of rotatable bonds is 6. The third kappa shape index (κ3) is 4.66. The molecule has 2 aromatic carbocycles. The van der Waals surface area contributed by atoms with Crippen LogP contribution in [0.3, 0.4) is 0 Å². The molecule has 88 valence electrons. The molecule has 17 heavy (non-hydrogen) atoms. The van der Waals surface area contributed by atoms with Crippen LogP contribution in [-0.2, 0) is 6.42 Å². The quantitative estimate of drug-likeness (QED) is 0.518. The topological polar surface area (TPSA) is 0 Å². The molecule has 2 aromatic rings. The van der Waals surface area contributed by atoms with Crippen molar-refractivity contribution in [1.29, 1.82) is 0 Å². The van der Waals surface area contributed by atoms with Gasteiger partial charge in [-0.3, -0.25) is 0 Å². The standard InChI is InChI=1S/C16H18S/c1-3-9-15(10-4-1)11-7-8-14-17-16-12-5-2-6-13-16/h1-6,9-10,12-13H,7-8,11,14H2. The molecule has 0 atom stereocenters. The van der Waals surface area contributed by atoms with Crippen molar-refractivity contribution in [2.75, 3.05) is 5.75 Å². The van der Waals surface area contributed by atoms with Crippen molar-refractivity contribution >= 4 is 11.8 Å². The van der Waals surface area contributed by atoms with Crippen molar-refractivity contribution in [1.82, 2.24) is 0 Å². The Morgan fingerprint density at radius 3 is 2.06 bits per heavy atom. The van der Waals surface area contributed by atoms with Crippen molar-refractivity contribution in [2.24, 2.45) is 0 Å². The fourth-order valence-electron chi connectivity index (χ4n) is 1.78. The highest BCUT2D eigenvalue weighted by atomic mass is 32.2. The number of aryl methyl sites for hydroxylation is 1. The second-order valence-corrected chi connectivity index (χ2v) is 5.27. The average molecular weight is 242 g/mol. The number of hydrogen-bond acceptors (Lipinski definition) is 1. The number of hydrogen-bond donors (Lipinski definition) is 0. The summed E-state index contributed by atoms with van der Waals surface area (Å²) in [6.45, 7) is 0. The molecule has 0 saturated heterocycles. The molecule has 0 amide bonds. The molecule has 1 heteroatoms. The first-order valence-electron chi connectivity index (χ1n) is 6.17. The van der Waals surface area contributed by atoms with E-state index in [1.165, 1.54) is 35.5 Å². The third-order valence-corrected chi connectivity index (χ3v) is 3.81. The van der Waals surface area contributed by atoms with E-state index in [-0.39, 0.29) is 0 Å². The zero-order chi connectivity index (χ0) is 11.8. The van der Waals surface area contributed by atoms with Crippen LogP contribution in [0.25, 0.3) is 0 Å². The molecule has 0 aromatic heterocycles. The largest absolute Gasteiger partial charge is 0.126 e. The zero-order valence-corrected chi connectivity index (χ0v) is 10.8. The van der Waals surface area contributed by atoms with Gasteiger partial charge in [0.1, 0.15) is 0 Å². The number of benzene rings is 2. The van der Waals surface area contributed by atoms with E-state index in [4.69, 9.17) is 0 Å². The molecule has 0 aliphatic carbocycles. The fraction of sp³-hybridized carbons (Fsp3) is 0.250. The van der Waals surface area contributed by atoms with Gasteiger partial charge < -0.3 is 0 Å². The molecule has 0 unspecified atom stereocenters. The first-order valence-corrected chi connectivity index (χ1v) is 7.15. The van der Waals surface area contributed by atoms with Gasteiger partial charge in [0.15, 0.2) is 0 Å². The van der Waals surface area contributed by atoms with Gasteiger partial charge in [-0.2, -0.15) is 0 Å². The molecular formula is C16H18S. The van der Waals surface area contributed by atoms with Gasteiger partial charge in [0, 0.05) is 4.90 Å². The molecule has 0 N–H and O–H groups in total. The van der Waals surface area contributed by atoms with Gasteiger partial charge in [0.2, 0.25) is 0 Å². The maximum atomic E-state index is 2.21. The Morgan fingerprint density at radius 1 is 0.706 bits per heavy atom. The smallest absolute Gasteiger partial charge is 0.00719 e. The highest BCUT2D eigenvalue weighted by Gasteiger charge is 1.94. The molecular weight excluding hydrogens is 224 g/mol. The molecule has 2 rings (SSSR count). The van der Waals surface area contributed by atoms with E-state index in [1.54, 1.807) is 0 Å². The van der Waals surface area contributed by atoms with Crippen molar-refractivity contribution < 1.29 is 0 Å². The summed E-state index contributed by atoms with van der Waals surface area (Å²) < 4.78 is 0. The summed E-state index contributed by atoms with van der Waals surface area (Å²) in [5, 5.41) is 0. The van der Waals surface area contributed by atoms with Crippen molar-refractivity contribution in [3.05, 3.63) is 66.2 Å². The van der Waals surface area contributed by atoms with Crippen LogP contribution < -0.4 is 0 Å². The van der Waals surface area contributed by atoms with E-state index in [2.05, 4.69) is 60.7 Å². The molecule has 0 fully saturated rings. The first kappa shape index (κ1) is 12.3. The van der Waals surface area contributed by atoms with Gasteiger partial charge in [-0.05, 0) is 42.7 Å². The van der Waals surface area contributed by atoms with Crippen LogP contribution >= 0.6 is 11.8 Å². The lowest BCUT2D eigenvalue weighted by Crippen LogP contribution is -1.86. The first-order chi connectivity index (χ1) is 8.45. The summed E-state index contributed by atoms with van der Waals surface area (Å²) in [5.74, 6) is 1.22. The summed E-state index contributed by atoms with van der Waals surface area (Å²) in [6.07, 6.45) is 3.77. The Balaban J connectivity index is 1.61. The van der Waals surface area contributed by atoms with Crippen LogP contribution in [0.5, 0.6) is 0 Å². The summed E-state index contributed by atoms with van der Waals surface area (Å²) in [7, 11) is 0. The monoisotopic (exact) mass is 242 g/mol. The van der Waals surface area contributed by atoms with Gasteiger partial charge in [-0.25, -0.2) is 0 Å². The van der Waals surface area contributed by atoms with E-state index in [0.717, 1.165) is 0 Å². The van der Waals surface area contributed by atoms with Gasteiger partial charge in [-0.1, -0.05) is 48.5 Å². The minimum Gasteiger partial charge on any atom is -0.126 e. The second kappa shape index (κ2) is 7.18. The van der Waals surface area contributed by atoms with Crippen LogP contribution in [-0.4, -0.2) is 5.75 Å². The number of unbranched alkanes of at least 4 members (excludes halogenated alkanes) is 1. The van der Waals surface area contributed by atoms with E-state index in [0.29, 0.717) is 0 Å². The van der Waals surface area contributed by atoms with E-state index in [9.17, 15) is 0 Å². The molecule has 0 nitrogen and oxygen atoms in total. The van der Waals surface area contributed by atoms with Crippen molar-refractivity contribution in [3.8, 4) is 0 Å². The maximum absolute atomic E-state index is 2.21. The summed E-state index contributed by atoms with van der Waals surface area (Å²) in [4.78, 5) is 1.38. The molecule has 0 saturated carbocycles. The third-order valence-electron chi connectivity index (χ3n) is 2.71. The van der Waals surface area contributed by atoms with Crippen LogP contribution in [0.4, 0.5) is 0 Å². The second-order valence-electron chi connectivity index (χ2n) is 4.10. The molecule has 0 radical (unpaired) electrons. The summed E-state index contributed by atoms with van der Waals surface area (Å²) >= 11 is 1.96. The highest BCUT2D eigenvalue weighted by molar-refractivity contribution is 7.99. The molecule has 0 heterocycles. The van der Waals surface area contributed by atoms with Crippen LogP contribution in [0.1, 0.15) is 18.4 Å². The van der Waals surface area contributed by atoms with Crippen molar-refractivity contribution in [3.63, 3.8) is 0 Å². The minimum absolute atomic E-state index is 1.20. The van der Waals surface area contributed by atoms with Gasteiger partial charge >= 0.3 is 0 Å². The summed E-state index contributed by atoms with van der Waals surface area (Å²) in [6, 6.07) is 21.4. The summed E-state index contributed by atoms with van der Waals surface area (Å²) in [5.41, 5.74) is 1.46. The lowest BCUT2D eigenvalue weighted by Gasteiger charge is -2.02. The number of thioether (sulfide) groups is 1. The zero-order valence-electron chi connectivity index (χ0n) is 10.0. The molecule has 0 spiro atoms. The minimum atomic E-state index is 1.20. The Kier molecular flexibility index (Phi) is 5.18. The Bertz CT molecular complexity index is 367. The Labute approximate surface area is 108 Å². The Morgan fingerprint density at radius 2 is 1.35 bits per heavy atom. The normalized spacial score (nSPS) is 10.4. The van der Waals surface area contributed by atoms with E-state index < -0.39 is 0 Å². The van der Waals surface area contributed by atoms with E-state index >= 15 is 0 Å². The predicted octanol–water partition coefficient (Wildman–Crippen LogP) is 4.80. The highest BCUT2D eigenvalue weighted by Crippen LogP contribution is 2.18. The van der Waals surface area contributed by atoms with Crippen molar-refractivity contribution in [2.45, 2.75) is 24.2 Å². The maximum Gasteiger partial charge on any atom is 0.00719 e. The average Bonchev–Trinajstić information content (AvgIpc) is 2.41.